The van der Waals surface area contributed by atoms with E-state index in [0.29, 0.717) is 24.2 Å². The quantitative estimate of drug-likeness (QED) is 0.769. The van der Waals surface area contributed by atoms with Crippen LogP contribution >= 0.6 is 0 Å². The lowest BCUT2D eigenvalue weighted by Crippen LogP contribution is -2.37. The number of nitrogens with zero attached hydrogens (tertiary/aromatic N) is 2. The van der Waals surface area contributed by atoms with E-state index in [2.05, 4.69) is 24.3 Å². The molecule has 5 heteroatoms. The van der Waals surface area contributed by atoms with Crippen molar-refractivity contribution in [2.45, 2.75) is 45.8 Å². The summed E-state index contributed by atoms with van der Waals surface area (Å²) in [6.07, 6.45) is 0. The zero-order chi connectivity index (χ0) is 11.9. The Morgan fingerprint density at radius 1 is 1.62 bits per heavy atom. The van der Waals surface area contributed by atoms with Gasteiger partial charge < -0.3 is 11.1 Å². The van der Waals surface area contributed by atoms with Crippen LogP contribution in [0, 0.1) is 0 Å². The van der Waals surface area contributed by atoms with Gasteiger partial charge in [-0.1, -0.05) is 6.92 Å². The molecule has 1 amide bonds. The molecule has 0 saturated heterocycles. The second-order valence-electron chi connectivity index (χ2n) is 4.35. The van der Waals surface area contributed by atoms with Gasteiger partial charge in [0, 0.05) is 36.3 Å². The van der Waals surface area contributed by atoms with Gasteiger partial charge in [-0.05, 0) is 13.8 Å². The lowest BCUT2D eigenvalue weighted by Gasteiger charge is -2.28. The number of fused-ring (bicyclic) bond motifs is 1. The van der Waals surface area contributed by atoms with Crippen molar-refractivity contribution in [3.8, 4) is 0 Å². The molecule has 1 aliphatic rings. The van der Waals surface area contributed by atoms with Gasteiger partial charge in [-0.15, -0.1) is 0 Å². The van der Waals surface area contributed by atoms with Crippen LogP contribution < -0.4 is 11.1 Å². The Bertz CT molecular complexity index is 424. The second-order valence-corrected chi connectivity index (χ2v) is 4.35. The van der Waals surface area contributed by atoms with Gasteiger partial charge in [0.2, 0.25) is 0 Å². The summed E-state index contributed by atoms with van der Waals surface area (Å²) in [6.45, 7) is 7.77. The summed E-state index contributed by atoms with van der Waals surface area (Å²) >= 11 is 0. The largest absolute Gasteiger partial charge is 0.364 e. The van der Waals surface area contributed by atoms with Crippen LogP contribution in [-0.2, 0) is 13.1 Å². The first-order valence-electron chi connectivity index (χ1n) is 5.69. The summed E-state index contributed by atoms with van der Waals surface area (Å²) in [5.41, 5.74) is 7.89. The molecule has 88 valence electrons. The van der Waals surface area contributed by atoms with E-state index < -0.39 is 5.91 Å². The first-order chi connectivity index (χ1) is 7.56. The molecule has 2 heterocycles. The van der Waals surface area contributed by atoms with Crippen molar-refractivity contribution in [3.05, 3.63) is 17.0 Å². The van der Waals surface area contributed by atoms with Gasteiger partial charge in [0.05, 0.1) is 0 Å². The van der Waals surface area contributed by atoms with Crippen LogP contribution in [0.2, 0.25) is 0 Å². The highest BCUT2D eigenvalue weighted by Crippen LogP contribution is 2.29. The molecule has 0 bridgehead atoms. The second kappa shape index (κ2) is 3.90. The maximum atomic E-state index is 11.3. The maximum Gasteiger partial charge on any atom is 0.269 e. The third-order valence-electron chi connectivity index (χ3n) is 3.41. The summed E-state index contributed by atoms with van der Waals surface area (Å²) in [5.74, 6) is -0.0868. The van der Waals surface area contributed by atoms with Crippen molar-refractivity contribution in [2.75, 3.05) is 0 Å². The molecule has 3 N–H and O–H groups in total. The van der Waals surface area contributed by atoms with Crippen LogP contribution in [0.3, 0.4) is 0 Å². The van der Waals surface area contributed by atoms with Crippen molar-refractivity contribution in [1.29, 1.82) is 0 Å². The molecule has 16 heavy (non-hydrogen) atoms. The molecular weight excluding hydrogens is 204 g/mol. The van der Waals surface area contributed by atoms with E-state index in [0.717, 1.165) is 17.8 Å². The Hall–Kier alpha value is -1.36. The van der Waals surface area contributed by atoms with Gasteiger partial charge in [-0.2, -0.15) is 5.10 Å². The summed E-state index contributed by atoms with van der Waals surface area (Å²) in [7, 11) is 0. The topological polar surface area (TPSA) is 72.9 Å². The average molecular weight is 222 g/mol. The minimum atomic E-state index is -0.438. The van der Waals surface area contributed by atoms with E-state index in [4.69, 9.17) is 5.73 Å². The predicted octanol–water partition coefficient (Wildman–Crippen LogP) is 0.597. The molecule has 5 nitrogen and oxygen atoms in total. The predicted molar refractivity (Wildman–Crippen MR) is 61.1 cm³/mol. The minimum Gasteiger partial charge on any atom is -0.364 e. The van der Waals surface area contributed by atoms with E-state index in [9.17, 15) is 4.79 Å². The molecule has 0 fully saturated rings. The summed E-state index contributed by atoms with van der Waals surface area (Å²) < 4.78 is 1.90. The van der Waals surface area contributed by atoms with Gasteiger partial charge in [0.1, 0.15) is 0 Å². The van der Waals surface area contributed by atoms with Crippen molar-refractivity contribution >= 4 is 5.91 Å². The highest BCUT2D eigenvalue weighted by atomic mass is 16.1. The Kier molecular flexibility index (Phi) is 2.71. The van der Waals surface area contributed by atoms with Crippen LogP contribution in [0.25, 0.3) is 0 Å². The van der Waals surface area contributed by atoms with Gasteiger partial charge in [0.15, 0.2) is 5.69 Å². The monoisotopic (exact) mass is 222 g/mol. The molecule has 2 rings (SSSR count). The molecule has 0 aliphatic carbocycles. The van der Waals surface area contributed by atoms with Crippen LogP contribution in [-0.4, -0.2) is 21.7 Å². The Morgan fingerprint density at radius 3 is 2.88 bits per heavy atom. The SMILES string of the molecule is CCn1nc(C(N)=O)c2c1C(C)C(C)NC2. The minimum absolute atomic E-state index is 0.351. The standard InChI is InChI=1S/C11H18N4O/c1-4-15-10-6(2)7(3)13-5-8(10)9(14-15)11(12)16/h6-7,13H,4-5H2,1-3H3,(H2,12,16). The number of nitrogens with one attached hydrogen (secondary N) is 1. The van der Waals surface area contributed by atoms with E-state index in [-0.39, 0.29) is 0 Å². The third kappa shape index (κ3) is 1.51. The Balaban J connectivity index is 2.57. The molecule has 0 saturated carbocycles. The summed E-state index contributed by atoms with van der Waals surface area (Å²) in [6, 6.07) is 0.398. The number of primary amides is 1. The number of aryl methyl sites for hydroxylation is 1. The van der Waals surface area contributed by atoms with E-state index in [1.807, 2.05) is 11.6 Å². The van der Waals surface area contributed by atoms with Crippen LogP contribution in [0.1, 0.15) is 48.4 Å². The van der Waals surface area contributed by atoms with Gasteiger partial charge in [-0.25, -0.2) is 0 Å². The number of hydrogen-bond donors (Lipinski definition) is 2. The fraction of sp³-hybridized carbons (Fsp3) is 0.636. The fourth-order valence-electron chi connectivity index (χ4n) is 2.31. The molecule has 0 radical (unpaired) electrons. The highest BCUT2D eigenvalue weighted by molar-refractivity contribution is 5.92. The lowest BCUT2D eigenvalue weighted by molar-refractivity contribution is 0.0993. The molecular formula is C11H18N4O. The molecule has 1 aromatic heterocycles. The highest BCUT2D eigenvalue weighted by Gasteiger charge is 2.30. The first-order valence-corrected chi connectivity index (χ1v) is 5.69. The van der Waals surface area contributed by atoms with Gasteiger partial charge in [0.25, 0.3) is 5.91 Å². The number of carbonyl (C=O) groups is 1. The number of carbonyl (C=O) groups excluding carboxylic acids is 1. The molecule has 0 spiro atoms. The van der Waals surface area contributed by atoms with Crippen LogP contribution in [0.4, 0.5) is 0 Å². The van der Waals surface area contributed by atoms with E-state index >= 15 is 0 Å². The van der Waals surface area contributed by atoms with Crippen molar-refractivity contribution in [3.63, 3.8) is 0 Å². The lowest BCUT2D eigenvalue weighted by atomic mass is 9.91. The maximum absolute atomic E-state index is 11.3. The molecule has 2 unspecified atom stereocenters. The molecule has 0 aromatic carbocycles. The smallest absolute Gasteiger partial charge is 0.269 e. The fourth-order valence-corrected chi connectivity index (χ4v) is 2.31. The van der Waals surface area contributed by atoms with Crippen LogP contribution in [0.15, 0.2) is 0 Å². The molecule has 2 atom stereocenters. The van der Waals surface area contributed by atoms with E-state index in [1.54, 1.807) is 0 Å². The summed E-state index contributed by atoms with van der Waals surface area (Å²) in [5, 5.41) is 7.66. The van der Waals surface area contributed by atoms with Gasteiger partial charge >= 0.3 is 0 Å². The number of rotatable bonds is 2. The van der Waals surface area contributed by atoms with Crippen molar-refractivity contribution in [2.24, 2.45) is 5.73 Å². The number of hydrogen-bond acceptors (Lipinski definition) is 3. The zero-order valence-electron chi connectivity index (χ0n) is 9.95. The normalized spacial score (nSPS) is 24.2. The molecule has 1 aromatic rings. The third-order valence-corrected chi connectivity index (χ3v) is 3.41. The van der Waals surface area contributed by atoms with Crippen molar-refractivity contribution < 1.29 is 4.79 Å². The van der Waals surface area contributed by atoms with Gasteiger partial charge in [-0.3, -0.25) is 9.48 Å². The Labute approximate surface area is 95.0 Å². The number of amides is 1. The number of nitrogens with two attached hydrogens (primary N) is 1. The number of aromatic nitrogens is 2. The zero-order valence-corrected chi connectivity index (χ0v) is 9.95. The van der Waals surface area contributed by atoms with E-state index in [1.165, 1.54) is 0 Å². The van der Waals surface area contributed by atoms with Crippen LogP contribution in [0.5, 0.6) is 0 Å². The Morgan fingerprint density at radius 2 is 2.31 bits per heavy atom. The molecule has 1 aliphatic heterocycles. The average Bonchev–Trinajstić information content (AvgIpc) is 2.62. The van der Waals surface area contributed by atoms with Crippen molar-refractivity contribution in [1.82, 2.24) is 15.1 Å². The summed E-state index contributed by atoms with van der Waals surface area (Å²) in [4.78, 5) is 11.3. The first kappa shape index (κ1) is 11.1.